The van der Waals surface area contributed by atoms with Gasteiger partial charge >= 0.3 is 0 Å². The number of benzene rings is 1. The van der Waals surface area contributed by atoms with Crippen LogP contribution in [0.15, 0.2) is 27.1 Å². The van der Waals surface area contributed by atoms with Gasteiger partial charge in [-0.15, -0.1) is 10.2 Å². The number of hydrogen-bond acceptors (Lipinski definition) is 6. The average Bonchev–Trinajstić information content (AvgIpc) is 2.76. The number of halogens is 2. The normalized spacial score (nSPS) is 10.3. The fourth-order valence-corrected chi connectivity index (χ4v) is 2.83. The maximum atomic E-state index is 5.61. The summed E-state index contributed by atoms with van der Waals surface area (Å²) in [6.45, 7) is 0.361. The van der Waals surface area contributed by atoms with Crippen LogP contribution in [-0.4, -0.2) is 10.2 Å². The molecule has 0 saturated heterocycles. The number of hydrazine groups is 1. The van der Waals surface area contributed by atoms with E-state index in [4.69, 9.17) is 10.6 Å². The Kier molecular flexibility index (Phi) is 4.32. The van der Waals surface area contributed by atoms with Gasteiger partial charge in [-0.3, -0.25) is 5.43 Å². The monoisotopic (exact) mass is 378 g/mol. The van der Waals surface area contributed by atoms with Crippen molar-refractivity contribution in [1.82, 2.24) is 10.2 Å². The van der Waals surface area contributed by atoms with Crippen molar-refractivity contribution in [1.29, 1.82) is 0 Å². The maximum Gasteiger partial charge on any atom is 0.219 e. The fraction of sp³-hybridized carbons (Fsp3) is 0.111. The number of nitrogen functional groups attached to an aromatic ring is 1. The third-order valence-electron chi connectivity index (χ3n) is 1.84. The Balaban J connectivity index is 2.02. The van der Waals surface area contributed by atoms with Crippen molar-refractivity contribution >= 4 is 48.3 Å². The van der Waals surface area contributed by atoms with Gasteiger partial charge < -0.3 is 4.74 Å². The van der Waals surface area contributed by atoms with Gasteiger partial charge in [0.05, 0.1) is 4.47 Å². The summed E-state index contributed by atoms with van der Waals surface area (Å²) in [6, 6.07) is 5.70. The van der Waals surface area contributed by atoms with Crippen molar-refractivity contribution in [3.8, 4) is 5.75 Å². The summed E-state index contributed by atoms with van der Waals surface area (Å²) < 4.78 is 7.48. The highest BCUT2D eigenvalue weighted by atomic mass is 79.9. The second-order valence-corrected chi connectivity index (χ2v) is 5.84. The van der Waals surface area contributed by atoms with Crippen molar-refractivity contribution in [2.75, 3.05) is 5.43 Å². The Bertz CT molecular complexity index is 519. The van der Waals surface area contributed by atoms with E-state index in [-0.39, 0.29) is 0 Å². The quantitative estimate of drug-likeness (QED) is 0.631. The number of aromatic nitrogens is 2. The smallest absolute Gasteiger partial charge is 0.219 e. The maximum absolute atomic E-state index is 5.61. The Labute approximate surface area is 119 Å². The molecular formula is C9H8Br2N4OS. The van der Waals surface area contributed by atoms with Crippen molar-refractivity contribution in [3.63, 3.8) is 0 Å². The van der Waals surface area contributed by atoms with Crippen LogP contribution in [0.2, 0.25) is 0 Å². The second kappa shape index (κ2) is 5.76. The van der Waals surface area contributed by atoms with E-state index in [1.165, 1.54) is 11.3 Å². The van der Waals surface area contributed by atoms with Crippen molar-refractivity contribution in [2.24, 2.45) is 5.84 Å². The van der Waals surface area contributed by atoms with Crippen LogP contribution in [0.5, 0.6) is 5.75 Å². The first kappa shape index (κ1) is 12.7. The lowest BCUT2D eigenvalue weighted by Crippen LogP contribution is -2.05. The van der Waals surface area contributed by atoms with Gasteiger partial charge in [-0.05, 0) is 34.1 Å². The van der Waals surface area contributed by atoms with Crippen LogP contribution in [0.4, 0.5) is 5.13 Å². The minimum absolute atomic E-state index is 0.361. The van der Waals surface area contributed by atoms with E-state index in [1.54, 1.807) is 0 Å². The number of nitrogens with zero attached hydrogens (tertiary/aromatic N) is 2. The third kappa shape index (κ3) is 3.38. The Morgan fingerprint density at radius 3 is 2.82 bits per heavy atom. The topological polar surface area (TPSA) is 73.1 Å². The van der Waals surface area contributed by atoms with Crippen LogP contribution in [0, 0.1) is 0 Å². The molecule has 5 nitrogen and oxygen atoms in total. The van der Waals surface area contributed by atoms with Gasteiger partial charge in [0, 0.05) is 4.47 Å². The first-order valence-electron chi connectivity index (χ1n) is 4.56. The van der Waals surface area contributed by atoms with E-state index in [0.717, 1.165) is 19.7 Å². The Hall–Kier alpha value is -0.700. The minimum Gasteiger partial charge on any atom is -0.485 e. The Morgan fingerprint density at radius 2 is 2.18 bits per heavy atom. The van der Waals surface area contributed by atoms with Gasteiger partial charge in [-0.25, -0.2) is 5.84 Å². The molecule has 0 radical (unpaired) electrons. The number of hydrogen-bond donors (Lipinski definition) is 2. The fourth-order valence-electron chi connectivity index (χ4n) is 1.10. The molecule has 2 aromatic rings. The minimum atomic E-state index is 0.361. The van der Waals surface area contributed by atoms with E-state index in [0.29, 0.717) is 11.7 Å². The molecule has 0 amide bonds. The first-order chi connectivity index (χ1) is 8.19. The molecule has 8 heteroatoms. The van der Waals surface area contributed by atoms with E-state index in [1.807, 2.05) is 18.2 Å². The average molecular weight is 380 g/mol. The summed E-state index contributed by atoms with van der Waals surface area (Å²) in [6.07, 6.45) is 0. The number of nitrogens with two attached hydrogens (primary N) is 1. The van der Waals surface area contributed by atoms with Crippen molar-refractivity contribution in [3.05, 3.63) is 32.2 Å². The molecule has 1 heterocycles. The molecule has 3 N–H and O–H groups in total. The van der Waals surface area contributed by atoms with Crippen LogP contribution >= 0.6 is 43.2 Å². The van der Waals surface area contributed by atoms with Gasteiger partial charge in [0.1, 0.15) is 12.4 Å². The van der Waals surface area contributed by atoms with Crippen LogP contribution in [-0.2, 0) is 6.61 Å². The number of nitrogens with one attached hydrogen (secondary N) is 1. The number of anilines is 1. The van der Waals surface area contributed by atoms with Gasteiger partial charge in [-0.1, -0.05) is 27.3 Å². The summed E-state index contributed by atoms with van der Waals surface area (Å²) >= 11 is 8.15. The molecule has 0 spiro atoms. The van der Waals surface area contributed by atoms with Gasteiger partial charge in [0.25, 0.3) is 0 Å². The molecule has 1 aromatic carbocycles. The third-order valence-corrected chi connectivity index (χ3v) is 3.78. The molecule has 0 aliphatic carbocycles. The molecule has 0 aliphatic rings. The zero-order chi connectivity index (χ0) is 12.3. The van der Waals surface area contributed by atoms with Gasteiger partial charge in [0.15, 0.2) is 5.01 Å². The van der Waals surface area contributed by atoms with E-state index >= 15 is 0 Å². The lowest BCUT2D eigenvalue weighted by molar-refractivity contribution is 0.302. The Morgan fingerprint density at radius 1 is 1.35 bits per heavy atom. The highest BCUT2D eigenvalue weighted by Gasteiger charge is 2.06. The molecule has 2 rings (SSSR count). The standard InChI is InChI=1S/C9H8Br2N4OS/c10-5-1-2-7(6(11)3-5)16-4-8-14-15-9(13-12)17-8/h1-3H,4,12H2,(H,13,15). The predicted octanol–water partition coefficient (Wildman–Crippen LogP) is 2.93. The SMILES string of the molecule is NNc1nnc(COc2ccc(Br)cc2Br)s1. The first-order valence-corrected chi connectivity index (χ1v) is 6.96. The van der Waals surface area contributed by atoms with Crippen LogP contribution in [0.1, 0.15) is 5.01 Å². The molecule has 17 heavy (non-hydrogen) atoms. The summed E-state index contributed by atoms with van der Waals surface area (Å²) in [5.41, 5.74) is 2.44. The highest BCUT2D eigenvalue weighted by Crippen LogP contribution is 2.29. The lowest BCUT2D eigenvalue weighted by Gasteiger charge is -2.06. The second-order valence-electron chi connectivity index (χ2n) is 3.01. The molecule has 0 aliphatic heterocycles. The number of rotatable bonds is 4. The van der Waals surface area contributed by atoms with E-state index < -0.39 is 0 Å². The summed E-state index contributed by atoms with van der Waals surface area (Å²) in [4.78, 5) is 0. The van der Waals surface area contributed by atoms with Crippen LogP contribution in [0.3, 0.4) is 0 Å². The van der Waals surface area contributed by atoms with Gasteiger partial charge in [0.2, 0.25) is 5.13 Å². The summed E-state index contributed by atoms with van der Waals surface area (Å²) in [5.74, 6) is 5.97. The zero-order valence-corrected chi connectivity index (χ0v) is 12.5. The summed E-state index contributed by atoms with van der Waals surface area (Å²) in [5, 5.41) is 9.07. The molecule has 90 valence electrons. The molecular weight excluding hydrogens is 372 g/mol. The molecule has 0 saturated carbocycles. The van der Waals surface area contributed by atoms with E-state index in [2.05, 4.69) is 47.5 Å². The zero-order valence-electron chi connectivity index (χ0n) is 8.48. The van der Waals surface area contributed by atoms with Crippen molar-refractivity contribution in [2.45, 2.75) is 6.61 Å². The highest BCUT2D eigenvalue weighted by molar-refractivity contribution is 9.11. The molecule has 0 fully saturated rings. The van der Waals surface area contributed by atoms with Gasteiger partial charge in [-0.2, -0.15) is 0 Å². The van der Waals surface area contributed by atoms with E-state index in [9.17, 15) is 0 Å². The number of ether oxygens (including phenoxy) is 1. The summed E-state index contributed by atoms with van der Waals surface area (Å²) in [7, 11) is 0. The lowest BCUT2D eigenvalue weighted by atomic mass is 10.3. The molecule has 0 unspecified atom stereocenters. The largest absolute Gasteiger partial charge is 0.485 e. The molecule has 1 aromatic heterocycles. The van der Waals surface area contributed by atoms with Crippen LogP contribution < -0.4 is 16.0 Å². The predicted molar refractivity (Wildman–Crippen MR) is 73.9 cm³/mol. The van der Waals surface area contributed by atoms with Crippen LogP contribution in [0.25, 0.3) is 0 Å². The molecule has 0 atom stereocenters. The van der Waals surface area contributed by atoms with Crippen molar-refractivity contribution < 1.29 is 4.74 Å². The molecule has 0 bridgehead atoms.